The van der Waals surface area contributed by atoms with E-state index in [0.717, 1.165) is 25.7 Å². The Labute approximate surface area is 140 Å². The lowest BCUT2D eigenvalue weighted by Gasteiger charge is -2.39. The summed E-state index contributed by atoms with van der Waals surface area (Å²) >= 11 is 0. The topological polar surface area (TPSA) is 87.0 Å². The van der Waals surface area contributed by atoms with Gasteiger partial charge in [-0.1, -0.05) is 26.2 Å². The number of piperazine rings is 1. The average molecular weight is 346 g/mol. The zero-order chi connectivity index (χ0) is 17.0. The molecule has 7 nitrogen and oxygen atoms in total. The molecular weight excluding hydrogens is 316 g/mol. The Hall–Kier alpha value is -0.700. The molecule has 2 aliphatic rings. The number of carbonyl (C=O) groups excluding carboxylic acids is 1. The molecule has 1 saturated carbocycles. The molecule has 2 fully saturated rings. The maximum atomic E-state index is 12.8. The van der Waals surface area contributed by atoms with E-state index in [1.165, 1.54) is 10.7 Å². The molecule has 0 radical (unpaired) electrons. The van der Waals surface area contributed by atoms with Crippen LogP contribution >= 0.6 is 0 Å². The molecule has 1 unspecified atom stereocenters. The second-order valence-corrected chi connectivity index (χ2v) is 8.66. The third-order valence-electron chi connectivity index (χ3n) is 5.10. The van der Waals surface area contributed by atoms with Crippen molar-refractivity contribution >= 4 is 16.1 Å². The lowest BCUT2D eigenvalue weighted by atomic mass is 9.96. The van der Waals surface area contributed by atoms with E-state index in [0.29, 0.717) is 32.7 Å². The molecule has 1 amide bonds. The quantitative estimate of drug-likeness (QED) is 0.772. The molecule has 23 heavy (non-hydrogen) atoms. The number of rotatable bonds is 5. The zero-order valence-corrected chi connectivity index (χ0v) is 15.1. The highest BCUT2D eigenvalue weighted by Crippen LogP contribution is 2.25. The van der Waals surface area contributed by atoms with E-state index in [4.69, 9.17) is 5.73 Å². The van der Waals surface area contributed by atoms with Gasteiger partial charge in [0.2, 0.25) is 5.91 Å². The molecule has 2 N–H and O–H groups in total. The Morgan fingerprint density at radius 3 is 2.26 bits per heavy atom. The molecule has 8 heteroatoms. The summed E-state index contributed by atoms with van der Waals surface area (Å²) in [5.74, 6) is -0.187. The maximum Gasteiger partial charge on any atom is 0.282 e. The van der Waals surface area contributed by atoms with Crippen molar-refractivity contribution in [2.75, 3.05) is 39.8 Å². The largest absolute Gasteiger partial charge is 0.340 e. The highest BCUT2D eigenvalue weighted by molar-refractivity contribution is 7.86. The summed E-state index contributed by atoms with van der Waals surface area (Å²) < 4.78 is 28.6. The van der Waals surface area contributed by atoms with Gasteiger partial charge < -0.3 is 10.6 Å². The zero-order valence-electron chi connectivity index (χ0n) is 14.3. The van der Waals surface area contributed by atoms with E-state index in [9.17, 15) is 13.2 Å². The fraction of sp³-hybridized carbons (Fsp3) is 0.933. The second kappa shape index (κ2) is 7.92. The fourth-order valence-electron chi connectivity index (χ4n) is 3.37. The van der Waals surface area contributed by atoms with Gasteiger partial charge >= 0.3 is 0 Å². The van der Waals surface area contributed by atoms with Crippen LogP contribution in [0.4, 0.5) is 0 Å². The minimum absolute atomic E-state index is 0.0187. The Morgan fingerprint density at radius 1 is 1.17 bits per heavy atom. The first kappa shape index (κ1) is 18.6. The van der Waals surface area contributed by atoms with Crippen LogP contribution in [0.5, 0.6) is 0 Å². The second-order valence-electron chi connectivity index (χ2n) is 6.68. The van der Waals surface area contributed by atoms with Crippen LogP contribution in [0.1, 0.15) is 39.0 Å². The molecule has 134 valence electrons. The van der Waals surface area contributed by atoms with Crippen LogP contribution < -0.4 is 5.73 Å². The highest BCUT2D eigenvalue weighted by atomic mass is 32.2. The Morgan fingerprint density at radius 2 is 1.74 bits per heavy atom. The molecule has 0 aromatic carbocycles. The molecule has 1 atom stereocenters. The van der Waals surface area contributed by atoms with E-state index in [-0.39, 0.29) is 17.9 Å². The Kier molecular flexibility index (Phi) is 6.41. The predicted octanol–water partition coefficient (Wildman–Crippen LogP) is 0.235. The van der Waals surface area contributed by atoms with Gasteiger partial charge in [0.15, 0.2) is 0 Å². The predicted molar refractivity (Wildman–Crippen MR) is 89.9 cm³/mol. The van der Waals surface area contributed by atoms with Crippen molar-refractivity contribution in [3.8, 4) is 0 Å². The lowest BCUT2D eigenvalue weighted by Crippen LogP contribution is -2.56. The molecule has 0 spiro atoms. The van der Waals surface area contributed by atoms with Gasteiger partial charge in [-0.15, -0.1) is 0 Å². The van der Waals surface area contributed by atoms with E-state index in [1.807, 2.05) is 6.92 Å². The van der Waals surface area contributed by atoms with Crippen molar-refractivity contribution in [2.24, 2.45) is 11.7 Å². The van der Waals surface area contributed by atoms with Crippen molar-refractivity contribution in [1.82, 2.24) is 13.5 Å². The standard InChI is InChI=1S/C15H30N4O3S/c1-13(12-16)15(20)18-8-10-19(11-9-18)23(21,22)17(2)14-6-4-3-5-7-14/h13-14H,3-12,16H2,1-2H3. The maximum absolute atomic E-state index is 12.8. The van der Waals surface area contributed by atoms with Gasteiger partial charge in [-0.25, -0.2) is 0 Å². The summed E-state index contributed by atoms with van der Waals surface area (Å²) in [7, 11) is -1.74. The summed E-state index contributed by atoms with van der Waals surface area (Å²) in [6.45, 7) is 3.75. The third kappa shape index (κ3) is 4.23. The summed E-state index contributed by atoms with van der Waals surface area (Å²) in [5, 5.41) is 0. The van der Waals surface area contributed by atoms with Gasteiger partial charge in [-0.05, 0) is 12.8 Å². The van der Waals surface area contributed by atoms with Gasteiger partial charge in [0, 0.05) is 51.7 Å². The van der Waals surface area contributed by atoms with Crippen molar-refractivity contribution in [1.29, 1.82) is 0 Å². The number of amides is 1. The van der Waals surface area contributed by atoms with E-state index in [2.05, 4.69) is 0 Å². The third-order valence-corrected chi connectivity index (χ3v) is 7.15. The minimum Gasteiger partial charge on any atom is -0.340 e. The van der Waals surface area contributed by atoms with Crippen LogP contribution in [0, 0.1) is 5.92 Å². The van der Waals surface area contributed by atoms with Gasteiger partial charge in [-0.3, -0.25) is 4.79 Å². The number of hydrogen-bond acceptors (Lipinski definition) is 4. The number of nitrogens with two attached hydrogens (primary N) is 1. The summed E-state index contributed by atoms with van der Waals surface area (Å²) in [6, 6.07) is 0.116. The van der Waals surface area contributed by atoms with Crippen LogP contribution in [0.3, 0.4) is 0 Å². The van der Waals surface area contributed by atoms with Crippen LogP contribution in [0.15, 0.2) is 0 Å². The average Bonchev–Trinajstić information content (AvgIpc) is 2.60. The van der Waals surface area contributed by atoms with Gasteiger partial charge in [0.05, 0.1) is 0 Å². The number of carbonyl (C=O) groups is 1. The number of nitrogens with zero attached hydrogens (tertiary/aromatic N) is 3. The summed E-state index contributed by atoms with van der Waals surface area (Å²) in [5.41, 5.74) is 5.54. The van der Waals surface area contributed by atoms with E-state index < -0.39 is 10.2 Å². The molecule has 0 bridgehead atoms. The minimum atomic E-state index is -3.43. The normalized spacial score (nSPS) is 23.2. The smallest absolute Gasteiger partial charge is 0.282 e. The summed E-state index contributed by atoms with van der Waals surface area (Å²) in [6.07, 6.45) is 5.29. The fourth-order valence-corrected chi connectivity index (χ4v) is 4.94. The first-order valence-electron chi connectivity index (χ1n) is 8.60. The van der Waals surface area contributed by atoms with Crippen LogP contribution in [-0.4, -0.2) is 73.6 Å². The molecule has 1 aliphatic heterocycles. The molecule has 0 aromatic heterocycles. The Bertz CT molecular complexity index is 497. The first-order chi connectivity index (χ1) is 10.9. The van der Waals surface area contributed by atoms with E-state index in [1.54, 1.807) is 16.3 Å². The van der Waals surface area contributed by atoms with Gasteiger partial charge in [0.25, 0.3) is 10.2 Å². The van der Waals surface area contributed by atoms with Crippen molar-refractivity contribution < 1.29 is 13.2 Å². The van der Waals surface area contributed by atoms with Crippen molar-refractivity contribution in [2.45, 2.75) is 45.1 Å². The summed E-state index contributed by atoms with van der Waals surface area (Å²) in [4.78, 5) is 13.9. The van der Waals surface area contributed by atoms with Crippen LogP contribution in [0.25, 0.3) is 0 Å². The van der Waals surface area contributed by atoms with Crippen molar-refractivity contribution in [3.63, 3.8) is 0 Å². The SMILES string of the molecule is CC(CN)C(=O)N1CCN(S(=O)(=O)N(C)C2CCCCC2)CC1. The molecular formula is C15H30N4O3S. The van der Waals surface area contributed by atoms with Gasteiger partial charge in [0.1, 0.15) is 0 Å². The molecule has 1 saturated heterocycles. The van der Waals surface area contributed by atoms with Crippen LogP contribution in [0.2, 0.25) is 0 Å². The van der Waals surface area contributed by atoms with Crippen LogP contribution in [-0.2, 0) is 15.0 Å². The monoisotopic (exact) mass is 346 g/mol. The Balaban J connectivity index is 1.94. The first-order valence-corrected chi connectivity index (χ1v) is 9.99. The molecule has 1 heterocycles. The lowest BCUT2D eigenvalue weighted by molar-refractivity contribution is -0.135. The van der Waals surface area contributed by atoms with Crippen molar-refractivity contribution in [3.05, 3.63) is 0 Å². The molecule has 2 rings (SSSR count). The van der Waals surface area contributed by atoms with Gasteiger partial charge in [-0.2, -0.15) is 17.0 Å². The molecule has 1 aliphatic carbocycles. The highest BCUT2D eigenvalue weighted by Gasteiger charge is 2.35. The molecule has 0 aromatic rings. The number of hydrogen-bond donors (Lipinski definition) is 1. The van der Waals surface area contributed by atoms with E-state index >= 15 is 0 Å².